The van der Waals surface area contributed by atoms with E-state index in [1.807, 2.05) is 12.1 Å². The highest BCUT2D eigenvalue weighted by Crippen LogP contribution is 2.37. The van der Waals surface area contributed by atoms with Crippen molar-refractivity contribution in [3.05, 3.63) is 57.0 Å². The van der Waals surface area contributed by atoms with Crippen LogP contribution in [-0.2, 0) is 4.79 Å². The van der Waals surface area contributed by atoms with Crippen LogP contribution in [0.3, 0.4) is 0 Å². The number of halogens is 2. The van der Waals surface area contributed by atoms with E-state index < -0.39 is 5.97 Å². The van der Waals surface area contributed by atoms with E-state index in [4.69, 9.17) is 11.6 Å². The second-order valence-corrected chi connectivity index (χ2v) is 7.51. The van der Waals surface area contributed by atoms with Crippen molar-refractivity contribution in [2.24, 2.45) is 5.92 Å². The maximum absolute atomic E-state index is 13.3. The van der Waals surface area contributed by atoms with Gasteiger partial charge in [-0.1, -0.05) is 23.7 Å². The van der Waals surface area contributed by atoms with Crippen LogP contribution in [0.2, 0.25) is 4.34 Å². The number of carboxylic acids is 1. The molecule has 1 saturated heterocycles. The Kier molecular flexibility index (Phi) is 4.99. The summed E-state index contributed by atoms with van der Waals surface area (Å²) in [7, 11) is 0. The smallest absolute Gasteiger partial charge is 0.307 e. The topological polar surface area (TPSA) is 40.5 Å². The summed E-state index contributed by atoms with van der Waals surface area (Å²) in [4.78, 5) is 14.6. The van der Waals surface area contributed by atoms with Gasteiger partial charge in [0.1, 0.15) is 5.82 Å². The van der Waals surface area contributed by atoms with Gasteiger partial charge in [0.15, 0.2) is 0 Å². The van der Waals surface area contributed by atoms with Gasteiger partial charge in [-0.05, 0) is 49.2 Å². The fourth-order valence-corrected chi connectivity index (χ4v) is 4.34. The Bertz CT molecular complexity index is 688. The molecule has 0 saturated carbocycles. The van der Waals surface area contributed by atoms with Gasteiger partial charge in [-0.25, -0.2) is 4.39 Å². The van der Waals surface area contributed by atoms with Crippen LogP contribution in [0, 0.1) is 11.7 Å². The molecule has 1 aliphatic rings. The van der Waals surface area contributed by atoms with Crippen molar-refractivity contribution in [3.63, 3.8) is 0 Å². The van der Waals surface area contributed by atoms with Gasteiger partial charge < -0.3 is 5.11 Å². The molecule has 0 amide bonds. The average Bonchev–Trinajstić information content (AvgIpc) is 2.96. The number of thiophene rings is 1. The molecule has 2 unspecified atom stereocenters. The highest BCUT2D eigenvalue weighted by Gasteiger charge is 2.31. The van der Waals surface area contributed by atoms with E-state index in [-0.39, 0.29) is 17.8 Å². The van der Waals surface area contributed by atoms with Gasteiger partial charge in [-0.15, -0.1) is 11.3 Å². The second kappa shape index (κ2) is 6.99. The molecule has 2 atom stereocenters. The Balaban J connectivity index is 1.94. The Morgan fingerprint density at radius 2 is 2.04 bits per heavy atom. The van der Waals surface area contributed by atoms with Gasteiger partial charge in [-0.3, -0.25) is 9.69 Å². The number of likely N-dealkylation sites (tertiary alicyclic amines) is 1. The second-order valence-electron chi connectivity index (χ2n) is 5.77. The van der Waals surface area contributed by atoms with Crippen molar-refractivity contribution in [1.29, 1.82) is 0 Å². The third kappa shape index (κ3) is 3.74. The zero-order chi connectivity index (χ0) is 16.4. The molecule has 1 aliphatic heterocycles. The number of hydrogen-bond acceptors (Lipinski definition) is 3. The van der Waals surface area contributed by atoms with Gasteiger partial charge in [0, 0.05) is 11.4 Å². The van der Waals surface area contributed by atoms with Gasteiger partial charge in [0.05, 0.1) is 16.3 Å². The molecular weight excluding hydrogens is 337 g/mol. The summed E-state index contributed by atoms with van der Waals surface area (Å²) in [5.41, 5.74) is 0.955. The summed E-state index contributed by atoms with van der Waals surface area (Å²) in [5, 5.41) is 9.32. The molecule has 0 aliphatic carbocycles. The van der Waals surface area contributed by atoms with E-state index in [0.717, 1.165) is 23.4 Å². The van der Waals surface area contributed by atoms with Crippen LogP contribution in [0.1, 0.15) is 29.3 Å². The first-order valence-corrected chi connectivity index (χ1v) is 8.71. The molecule has 0 spiro atoms. The van der Waals surface area contributed by atoms with Gasteiger partial charge in [0.2, 0.25) is 0 Å². The molecule has 23 heavy (non-hydrogen) atoms. The number of hydrogen-bond donors (Lipinski definition) is 1. The van der Waals surface area contributed by atoms with Crippen molar-refractivity contribution in [1.82, 2.24) is 4.90 Å². The van der Waals surface area contributed by atoms with Crippen LogP contribution in [0.5, 0.6) is 0 Å². The molecule has 1 aromatic heterocycles. The zero-order valence-corrected chi connectivity index (χ0v) is 14.0. The normalized spacial score (nSPS) is 20.3. The first kappa shape index (κ1) is 16.4. The van der Waals surface area contributed by atoms with Crippen molar-refractivity contribution in [2.45, 2.75) is 18.9 Å². The quantitative estimate of drug-likeness (QED) is 0.884. The van der Waals surface area contributed by atoms with Crippen LogP contribution in [0.25, 0.3) is 0 Å². The lowest BCUT2D eigenvalue weighted by molar-refractivity contribution is -0.143. The maximum atomic E-state index is 13.3. The molecule has 3 nitrogen and oxygen atoms in total. The maximum Gasteiger partial charge on any atom is 0.307 e. The Labute approximate surface area is 143 Å². The highest BCUT2D eigenvalue weighted by atomic mass is 35.5. The van der Waals surface area contributed by atoms with Gasteiger partial charge >= 0.3 is 5.97 Å². The van der Waals surface area contributed by atoms with Gasteiger partial charge in [-0.2, -0.15) is 0 Å². The molecule has 0 bridgehead atoms. The van der Waals surface area contributed by atoms with Crippen LogP contribution < -0.4 is 0 Å². The van der Waals surface area contributed by atoms with Crippen LogP contribution in [0.15, 0.2) is 36.4 Å². The third-order valence-electron chi connectivity index (χ3n) is 4.22. The molecule has 1 aromatic carbocycles. The Morgan fingerprint density at radius 1 is 1.30 bits per heavy atom. The lowest BCUT2D eigenvalue weighted by Crippen LogP contribution is -2.41. The largest absolute Gasteiger partial charge is 0.481 e. The minimum atomic E-state index is -0.753. The molecule has 3 rings (SSSR count). The molecule has 0 radical (unpaired) electrons. The molecule has 2 heterocycles. The summed E-state index contributed by atoms with van der Waals surface area (Å²) < 4.78 is 14.0. The van der Waals surface area contributed by atoms with Crippen molar-refractivity contribution < 1.29 is 14.3 Å². The van der Waals surface area contributed by atoms with Crippen molar-refractivity contribution >= 4 is 28.9 Å². The minimum Gasteiger partial charge on any atom is -0.481 e. The minimum absolute atomic E-state index is 0.0877. The predicted molar refractivity (Wildman–Crippen MR) is 89.5 cm³/mol. The molecule has 2 aromatic rings. The number of nitrogens with zero attached hydrogens (tertiary/aromatic N) is 1. The van der Waals surface area contributed by atoms with E-state index in [1.54, 1.807) is 12.1 Å². The number of piperidine rings is 1. The molecule has 1 fully saturated rings. The lowest BCUT2D eigenvalue weighted by Gasteiger charge is -2.37. The molecule has 1 N–H and O–H groups in total. The third-order valence-corrected chi connectivity index (χ3v) is 5.50. The average molecular weight is 354 g/mol. The summed E-state index contributed by atoms with van der Waals surface area (Å²) in [6, 6.07) is 10.1. The molecular formula is C17H17ClFNO2S. The van der Waals surface area contributed by atoms with Crippen molar-refractivity contribution in [2.75, 3.05) is 13.1 Å². The fourth-order valence-electron chi connectivity index (χ4n) is 3.12. The predicted octanol–water partition coefficient (Wildman–Crippen LogP) is 4.43. The first-order chi connectivity index (χ1) is 11.0. The van der Waals surface area contributed by atoms with E-state index in [9.17, 15) is 14.3 Å². The Hall–Kier alpha value is -1.43. The number of benzene rings is 1. The van der Waals surface area contributed by atoms with E-state index >= 15 is 0 Å². The van der Waals surface area contributed by atoms with E-state index in [1.165, 1.54) is 23.5 Å². The van der Waals surface area contributed by atoms with Crippen LogP contribution >= 0.6 is 22.9 Å². The van der Waals surface area contributed by atoms with E-state index in [2.05, 4.69) is 4.90 Å². The standard InChI is InChI=1S/C17H17ClFNO2S/c18-15-8-7-14(23-15)16(11-3-5-13(19)6-4-11)20-9-1-2-12(10-20)17(21)22/h3-8,12,16H,1-2,9-10H2,(H,21,22). The summed E-state index contributed by atoms with van der Waals surface area (Å²) in [6.07, 6.45) is 1.54. The lowest BCUT2D eigenvalue weighted by atomic mass is 9.94. The highest BCUT2D eigenvalue weighted by molar-refractivity contribution is 7.16. The summed E-state index contributed by atoms with van der Waals surface area (Å²) >= 11 is 7.56. The van der Waals surface area contributed by atoms with Gasteiger partial charge in [0.25, 0.3) is 0 Å². The SMILES string of the molecule is O=C(O)C1CCCN(C(c2ccc(F)cc2)c2ccc(Cl)s2)C1. The molecule has 122 valence electrons. The fraction of sp³-hybridized carbons (Fsp3) is 0.353. The first-order valence-electron chi connectivity index (χ1n) is 7.52. The van der Waals surface area contributed by atoms with Crippen LogP contribution in [0.4, 0.5) is 4.39 Å². The van der Waals surface area contributed by atoms with Crippen molar-refractivity contribution in [3.8, 4) is 0 Å². The number of aliphatic carboxylic acids is 1. The van der Waals surface area contributed by atoms with Crippen LogP contribution in [-0.4, -0.2) is 29.1 Å². The number of carboxylic acid groups (broad SMARTS) is 1. The Morgan fingerprint density at radius 3 is 2.65 bits per heavy atom. The summed E-state index contributed by atoms with van der Waals surface area (Å²) in [5.74, 6) is -1.39. The zero-order valence-electron chi connectivity index (χ0n) is 12.4. The number of carbonyl (C=O) groups is 1. The monoisotopic (exact) mass is 353 g/mol. The van der Waals surface area contributed by atoms with E-state index in [0.29, 0.717) is 17.3 Å². The molecule has 6 heteroatoms. The summed E-state index contributed by atoms with van der Waals surface area (Å²) in [6.45, 7) is 1.31. The number of rotatable bonds is 4.